The predicted molar refractivity (Wildman–Crippen MR) is 210 cm³/mol. The maximum atomic E-state index is 4.93. The van der Waals surface area contributed by atoms with Gasteiger partial charge in [-0.3, -0.25) is 0 Å². The van der Waals surface area contributed by atoms with Gasteiger partial charge in [-0.2, -0.15) is 11.6 Å². The van der Waals surface area contributed by atoms with Crippen LogP contribution in [0.2, 0.25) is 13.1 Å². The van der Waals surface area contributed by atoms with Gasteiger partial charge < -0.3 is 0 Å². The molecule has 0 atom stereocenters. The van der Waals surface area contributed by atoms with Gasteiger partial charge in [-0.15, -0.1) is 69.1 Å². The number of fused-ring (bicyclic) bond motifs is 3. The summed E-state index contributed by atoms with van der Waals surface area (Å²) in [6.07, 6.45) is 0. The van der Waals surface area contributed by atoms with Crippen molar-refractivity contribution in [3.63, 3.8) is 0 Å². The molecule has 0 aliphatic rings. The normalized spacial score (nSPS) is 10.8. The second-order valence-corrected chi connectivity index (χ2v) is 17.7. The fourth-order valence-electron chi connectivity index (χ4n) is 6.12. The summed E-state index contributed by atoms with van der Waals surface area (Å²) < 4.78 is 0. The molecule has 2 radical (unpaired) electrons. The van der Waals surface area contributed by atoms with Crippen LogP contribution >= 0.6 is 17.0 Å². The monoisotopic (exact) mass is 748 g/mol. The molecule has 7 aromatic rings. The molecule has 0 heterocycles. The van der Waals surface area contributed by atoms with E-state index in [1.807, 2.05) is 0 Å². The van der Waals surface area contributed by atoms with Gasteiger partial charge in [-0.1, -0.05) is 145 Å². The van der Waals surface area contributed by atoms with E-state index in [4.69, 9.17) is 17.0 Å². The van der Waals surface area contributed by atoms with Gasteiger partial charge in [0.25, 0.3) is 0 Å². The molecule has 7 rings (SSSR count). The van der Waals surface area contributed by atoms with Crippen LogP contribution in [0, 0.1) is 20.8 Å². The number of halogens is 2. The van der Waals surface area contributed by atoms with Gasteiger partial charge in [0, 0.05) is 9.52 Å². The first kappa shape index (κ1) is 37.1. The summed E-state index contributed by atoms with van der Waals surface area (Å²) in [4.78, 5) is 0. The molecule has 0 fully saturated rings. The number of hydrogen-bond donors (Lipinski definition) is 0. The predicted octanol–water partition coefficient (Wildman–Crippen LogP) is 14.0. The second kappa shape index (κ2) is 17.1. The third-order valence-electron chi connectivity index (χ3n) is 8.47. The minimum atomic E-state index is -0.826. The number of hydrogen-bond acceptors (Lipinski definition) is 0. The van der Waals surface area contributed by atoms with E-state index in [9.17, 15) is 0 Å². The topological polar surface area (TPSA) is 0 Å². The summed E-state index contributed by atoms with van der Waals surface area (Å²) in [5, 5.41) is 8.05. The van der Waals surface area contributed by atoms with E-state index in [0.29, 0.717) is 0 Å². The van der Waals surface area contributed by atoms with Gasteiger partial charge >= 0.3 is 37.9 Å². The summed E-state index contributed by atoms with van der Waals surface area (Å²) in [7, 11) is 11.0. The first-order chi connectivity index (χ1) is 22.5. The number of aryl methyl sites for hydroxylation is 3. The third-order valence-corrected chi connectivity index (χ3v) is 8.47. The summed E-state index contributed by atoms with van der Waals surface area (Å²) in [5.74, 6) is 0. The van der Waals surface area contributed by atoms with Crippen LogP contribution < -0.4 is 0 Å². The Kier molecular flexibility index (Phi) is 13.5. The van der Waals surface area contributed by atoms with Crippen LogP contribution in [-0.2, 0) is 26.3 Å². The quantitative estimate of drug-likeness (QED) is 0.122. The first-order valence-corrected chi connectivity index (χ1v) is 24.3. The molecule has 0 nitrogen and oxygen atoms in total. The fraction of sp³-hybridized carbons (Fsp3) is 0.209. The van der Waals surface area contributed by atoms with Crippen LogP contribution in [0.15, 0.2) is 121 Å². The van der Waals surface area contributed by atoms with Crippen LogP contribution in [0.3, 0.4) is 0 Å². The van der Waals surface area contributed by atoms with Crippen molar-refractivity contribution in [1.82, 2.24) is 0 Å². The Balaban J connectivity index is 0.000000183. The van der Waals surface area contributed by atoms with Crippen molar-refractivity contribution in [3.8, 4) is 22.3 Å². The molecule has 238 valence electrons. The Morgan fingerprint density at radius 2 is 1.17 bits per heavy atom. The van der Waals surface area contributed by atoms with Crippen LogP contribution in [0.5, 0.6) is 0 Å². The second-order valence-electron chi connectivity index (χ2n) is 13.0. The number of rotatable bonds is 2. The van der Waals surface area contributed by atoms with E-state index < -0.39 is 20.8 Å². The van der Waals surface area contributed by atoms with Crippen LogP contribution in [0.4, 0.5) is 0 Å². The Bertz CT molecular complexity index is 2030. The molecule has 0 saturated carbocycles. The molecule has 0 saturated heterocycles. The Morgan fingerprint density at radius 1 is 0.617 bits per heavy atom. The zero-order valence-electron chi connectivity index (χ0n) is 28.8. The van der Waals surface area contributed by atoms with Crippen molar-refractivity contribution in [2.75, 3.05) is 0 Å². The summed E-state index contributed by atoms with van der Waals surface area (Å²) in [5.41, 5.74) is 11.0. The molecule has 0 unspecified atom stereocenters. The van der Waals surface area contributed by atoms with E-state index in [-0.39, 0.29) is 5.41 Å². The minimum absolute atomic E-state index is 0.210. The van der Waals surface area contributed by atoms with Crippen molar-refractivity contribution in [1.29, 1.82) is 0 Å². The van der Waals surface area contributed by atoms with Crippen molar-refractivity contribution >= 4 is 58.9 Å². The SMILES string of the molecule is C[Si]C.Cc1[cH-]c2cccc(-c3cccc4ccccc34)c2c1C.Cc1cc2c(-c3ccc(C(C)(C)C)cc3)cccc2[cH-]1.[Cl][Zr+2][Cl]. The van der Waals surface area contributed by atoms with Gasteiger partial charge in [0.2, 0.25) is 0 Å². The molecule has 0 aliphatic heterocycles. The maximum absolute atomic E-state index is 4.93. The fourth-order valence-corrected chi connectivity index (χ4v) is 6.12. The van der Waals surface area contributed by atoms with Crippen molar-refractivity contribution in [2.24, 2.45) is 0 Å². The van der Waals surface area contributed by atoms with Gasteiger partial charge in [-0.25, -0.2) is 0 Å². The molecule has 0 amide bonds. The van der Waals surface area contributed by atoms with Crippen molar-refractivity contribution in [2.45, 2.75) is 60.1 Å². The average molecular weight is 751 g/mol. The average Bonchev–Trinajstić information content (AvgIpc) is 3.59. The standard InChI is InChI=1S/C21H17.C20H21.C2H6Si.2ClH.Zr/c1-14-13-17-9-6-12-20(21(17)15(14)2)19-11-5-8-16-7-3-4-10-18(16)19;1-14-12-16-6-5-7-18(19(16)13-14)15-8-10-17(11-9-15)20(2,3)4;1-3-2;;;/h3-13H,1-2H3;5-13H,1-4H3;1-2H3;2*1H;/q2*-1;;;;+4/p-2. The molecule has 7 aromatic carbocycles. The van der Waals surface area contributed by atoms with Gasteiger partial charge in [0.15, 0.2) is 0 Å². The van der Waals surface area contributed by atoms with Crippen LogP contribution in [0.25, 0.3) is 54.6 Å². The molecular weight excluding hydrogens is 707 g/mol. The van der Waals surface area contributed by atoms with E-state index in [1.165, 1.54) is 76.8 Å². The molecule has 0 aromatic heterocycles. The van der Waals surface area contributed by atoms with Crippen LogP contribution in [-0.4, -0.2) is 9.52 Å². The molecule has 47 heavy (non-hydrogen) atoms. The first-order valence-electron chi connectivity index (χ1n) is 16.0. The number of benzene rings is 5. The van der Waals surface area contributed by atoms with E-state index in [2.05, 4.69) is 176 Å². The molecule has 0 N–H and O–H groups in total. The van der Waals surface area contributed by atoms with E-state index in [0.717, 1.165) is 9.52 Å². The Hall–Kier alpha value is -2.74. The molecule has 0 aliphatic carbocycles. The van der Waals surface area contributed by atoms with E-state index >= 15 is 0 Å². The summed E-state index contributed by atoms with van der Waals surface area (Å²) in [6.45, 7) is 17.6. The third kappa shape index (κ3) is 9.04. The van der Waals surface area contributed by atoms with Gasteiger partial charge in [0.05, 0.1) is 0 Å². The van der Waals surface area contributed by atoms with Crippen molar-refractivity contribution < 1.29 is 20.8 Å². The summed E-state index contributed by atoms with van der Waals surface area (Å²) >= 11 is -0.826. The molecular formula is C43H44Cl2SiZr. The molecule has 0 spiro atoms. The van der Waals surface area contributed by atoms with Gasteiger partial charge in [-0.05, 0) is 32.9 Å². The Labute approximate surface area is 303 Å². The van der Waals surface area contributed by atoms with Gasteiger partial charge in [0.1, 0.15) is 0 Å². The Morgan fingerprint density at radius 3 is 1.83 bits per heavy atom. The molecule has 4 heteroatoms. The van der Waals surface area contributed by atoms with Crippen LogP contribution in [0.1, 0.15) is 43.0 Å². The summed E-state index contributed by atoms with van der Waals surface area (Å²) in [6, 6.07) is 44.2. The molecule has 0 bridgehead atoms. The zero-order valence-corrected chi connectivity index (χ0v) is 33.8. The van der Waals surface area contributed by atoms with E-state index in [1.54, 1.807) is 0 Å². The zero-order chi connectivity index (χ0) is 34.1. The van der Waals surface area contributed by atoms with Crippen molar-refractivity contribution in [3.05, 3.63) is 144 Å².